The maximum atomic E-state index is 12.5. The van der Waals surface area contributed by atoms with Crippen molar-refractivity contribution in [1.29, 1.82) is 0 Å². The molecule has 2 aromatic rings. The molecular formula is C20H24ClN3O3. The second kappa shape index (κ2) is 8.86. The van der Waals surface area contributed by atoms with E-state index >= 15 is 0 Å². The van der Waals surface area contributed by atoms with Crippen molar-refractivity contribution in [3.63, 3.8) is 0 Å². The Bertz CT molecular complexity index is 775. The molecule has 1 N–H and O–H groups in total. The third-order valence-corrected chi connectivity index (χ3v) is 4.70. The molecule has 2 amide bonds. The molecule has 1 fully saturated rings. The summed E-state index contributed by atoms with van der Waals surface area (Å²) in [6.45, 7) is 5.24. The van der Waals surface area contributed by atoms with Crippen molar-refractivity contribution in [2.75, 3.05) is 50.1 Å². The van der Waals surface area contributed by atoms with E-state index in [0.29, 0.717) is 37.8 Å². The molecule has 1 heterocycles. The number of carbonyl (C=O) groups excluding carboxylic acids is 1. The van der Waals surface area contributed by atoms with Crippen LogP contribution < -0.4 is 19.7 Å². The van der Waals surface area contributed by atoms with Gasteiger partial charge in [-0.25, -0.2) is 4.79 Å². The SMILES string of the molecule is CCOc1ccc(NC(=O)N2CCN(c3cc(Cl)ccc3OC)CC2)cc1. The number of nitrogens with one attached hydrogen (secondary N) is 1. The van der Waals surface area contributed by atoms with Crippen molar-refractivity contribution < 1.29 is 14.3 Å². The summed E-state index contributed by atoms with van der Waals surface area (Å²) in [4.78, 5) is 16.5. The summed E-state index contributed by atoms with van der Waals surface area (Å²) in [6.07, 6.45) is 0. The minimum absolute atomic E-state index is 0.100. The largest absolute Gasteiger partial charge is 0.495 e. The smallest absolute Gasteiger partial charge is 0.321 e. The highest BCUT2D eigenvalue weighted by atomic mass is 35.5. The predicted molar refractivity (Wildman–Crippen MR) is 108 cm³/mol. The second-order valence-electron chi connectivity index (χ2n) is 6.18. The Morgan fingerprint density at radius 3 is 2.44 bits per heavy atom. The van der Waals surface area contributed by atoms with Crippen LogP contribution in [0.4, 0.5) is 16.2 Å². The van der Waals surface area contributed by atoms with E-state index in [9.17, 15) is 4.79 Å². The van der Waals surface area contributed by atoms with Crippen LogP contribution in [0.15, 0.2) is 42.5 Å². The number of anilines is 2. The molecule has 1 saturated heterocycles. The van der Waals surface area contributed by atoms with Gasteiger partial charge in [-0.3, -0.25) is 0 Å². The summed E-state index contributed by atoms with van der Waals surface area (Å²) in [5, 5.41) is 3.60. The average Bonchev–Trinajstić information content (AvgIpc) is 2.70. The third-order valence-electron chi connectivity index (χ3n) is 4.47. The summed E-state index contributed by atoms with van der Waals surface area (Å²) in [5.74, 6) is 1.58. The van der Waals surface area contributed by atoms with Crippen LogP contribution >= 0.6 is 11.6 Å². The summed E-state index contributed by atoms with van der Waals surface area (Å²) < 4.78 is 10.8. The van der Waals surface area contributed by atoms with Crippen molar-refractivity contribution in [3.8, 4) is 11.5 Å². The van der Waals surface area contributed by atoms with Crippen LogP contribution in [0.1, 0.15) is 6.92 Å². The molecule has 27 heavy (non-hydrogen) atoms. The molecule has 7 heteroatoms. The number of benzene rings is 2. The van der Waals surface area contributed by atoms with Crippen LogP contribution in [-0.2, 0) is 0 Å². The van der Waals surface area contributed by atoms with Crippen molar-refractivity contribution in [2.45, 2.75) is 6.92 Å². The number of methoxy groups -OCH3 is 1. The Kier molecular flexibility index (Phi) is 6.29. The molecule has 1 aliphatic rings. The van der Waals surface area contributed by atoms with E-state index < -0.39 is 0 Å². The van der Waals surface area contributed by atoms with Crippen LogP contribution in [0.25, 0.3) is 0 Å². The van der Waals surface area contributed by atoms with Gasteiger partial charge in [0.05, 0.1) is 19.4 Å². The fourth-order valence-electron chi connectivity index (χ4n) is 3.06. The molecule has 0 unspecified atom stereocenters. The van der Waals surface area contributed by atoms with Crippen LogP contribution in [-0.4, -0.2) is 50.8 Å². The lowest BCUT2D eigenvalue weighted by atomic mass is 10.2. The zero-order chi connectivity index (χ0) is 19.2. The lowest BCUT2D eigenvalue weighted by Gasteiger charge is -2.36. The van der Waals surface area contributed by atoms with Gasteiger partial charge in [0.15, 0.2) is 0 Å². The van der Waals surface area contributed by atoms with Gasteiger partial charge in [-0.05, 0) is 49.4 Å². The molecule has 2 aromatic carbocycles. The van der Waals surface area contributed by atoms with Gasteiger partial charge in [-0.15, -0.1) is 0 Å². The third kappa shape index (κ3) is 4.77. The number of ether oxygens (including phenoxy) is 2. The second-order valence-corrected chi connectivity index (χ2v) is 6.61. The minimum Gasteiger partial charge on any atom is -0.495 e. The molecule has 3 rings (SSSR count). The highest BCUT2D eigenvalue weighted by molar-refractivity contribution is 6.30. The average molecular weight is 390 g/mol. The van der Waals surface area contributed by atoms with Crippen molar-refractivity contribution in [1.82, 2.24) is 4.90 Å². The Labute approximate surface area is 164 Å². The van der Waals surface area contributed by atoms with Gasteiger partial charge in [-0.2, -0.15) is 0 Å². The van der Waals surface area contributed by atoms with Gasteiger partial charge in [0.1, 0.15) is 11.5 Å². The summed E-state index contributed by atoms with van der Waals surface area (Å²) in [7, 11) is 1.65. The molecule has 0 bridgehead atoms. The van der Waals surface area contributed by atoms with E-state index in [1.807, 2.05) is 54.3 Å². The summed E-state index contributed by atoms with van der Waals surface area (Å²) >= 11 is 6.13. The Morgan fingerprint density at radius 1 is 1.11 bits per heavy atom. The van der Waals surface area contributed by atoms with Gasteiger partial charge in [0, 0.05) is 36.9 Å². The molecule has 0 radical (unpaired) electrons. The van der Waals surface area contributed by atoms with Gasteiger partial charge >= 0.3 is 6.03 Å². The minimum atomic E-state index is -0.100. The number of hydrogen-bond acceptors (Lipinski definition) is 4. The Morgan fingerprint density at radius 2 is 1.81 bits per heavy atom. The van der Waals surface area contributed by atoms with Crippen LogP contribution in [0.5, 0.6) is 11.5 Å². The van der Waals surface area contributed by atoms with Crippen LogP contribution in [0, 0.1) is 0 Å². The molecule has 6 nitrogen and oxygen atoms in total. The maximum absolute atomic E-state index is 12.5. The van der Waals surface area contributed by atoms with E-state index in [-0.39, 0.29) is 6.03 Å². The first-order chi connectivity index (χ1) is 13.1. The number of nitrogens with zero attached hydrogens (tertiary/aromatic N) is 2. The number of hydrogen-bond donors (Lipinski definition) is 1. The first kappa shape index (κ1) is 19.2. The first-order valence-electron chi connectivity index (χ1n) is 8.98. The van der Waals surface area contributed by atoms with Gasteiger partial charge in [0.25, 0.3) is 0 Å². The standard InChI is InChI=1S/C20H24ClN3O3/c1-3-27-17-7-5-16(6-8-17)22-20(25)24-12-10-23(11-13-24)18-14-15(21)4-9-19(18)26-2/h4-9,14H,3,10-13H2,1-2H3,(H,22,25). The number of piperazine rings is 1. The molecule has 0 spiro atoms. The van der Waals surface area contributed by atoms with Gasteiger partial charge in [0.2, 0.25) is 0 Å². The predicted octanol–water partition coefficient (Wildman–Crippen LogP) is 4.10. The van der Waals surface area contributed by atoms with Crippen molar-refractivity contribution in [2.24, 2.45) is 0 Å². The van der Waals surface area contributed by atoms with Crippen LogP contribution in [0.2, 0.25) is 5.02 Å². The monoisotopic (exact) mass is 389 g/mol. The van der Waals surface area contributed by atoms with E-state index in [0.717, 1.165) is 22.9 Å². The number of halogens is 1. The summed E-state index contributed by atoms with van der Waals surface area (Å²) in [6, 6.07) is 12.9. The number of carbonyl (C=O) groups is 1. The lowest BCUT2D eigenvalue weighted by molar-refractivity contribution is 0.208. The zero-order valence-electron chi connectivity index (χ0n) is 15.6. The van der Waals surface area contributed by atoms with E-state index in [1.54, 1.807) is 7.11 Å². The first-order valence-corrected chi connectivity index (χ1v) is 9.35. The lowest BCUT2D eigenvalue weighted by Crippen LogP contribution is -2.50. The normalized spacial score (nSPS) is 14.0. The van der Waals surface area contributed by atoms with Crippen LogP contribution in [0.3, 0.4) is 0 Å². The molecule has 0 aromatic heterocycles. The number of rotatable bonds is 5. The topological polar surface area (TPSA) is 54.0 Å². The molecule has 0 atom stereocenters. The molecule has 144 valence electrons. The molecule has 1 aliphatic heterocycles. The van der Waals surface area contributed by atoms with Gasteiger partial charge < -0.3 is 24.6 Å². The Balaban J connectivity index is 1.57. The molecular weight excluding hydrogens is 366 g/mol. The molecule has 0 saturated carbocycles. The number of urea groups is 1. The van der Waals surface area contributed by atoms with Gasteiger partial charge in [-0.1, -0.05) is 11.6 Å². The fourth-order valence-corrected chi connectivity index (χ4v) is 3.23. The van der Waals surface area contributed by atoms with E-state index in [2.05, 4.69) is 10.2 Å². The quantitative estimate of drug-likeness (QED) is 0.836. The Hall–Kier alpha value is -2.60. The van der Waals surface area contributed by atoms with Crippen molar-refractivity contribution in [3.05, 3.63) is 47.5 Å². The number of amides is 2. The highest BCUT2D eigenvalue weighted by Crippen LogP contribution is 2.31. The summed E-state index contributed by atoms with van der Waals surface area (Å²) in [5.41, 5.74) is 1.71. The fraction of sp³-hybridized carbons (Fsp3) is 0.350. The maximum Gasteiger partial charge on any atom is 0.321 e. The zero-order valence-corrected chi connectivity index (χ0v) is 16.3. The van der Waals surface area contributed by atoms with E-state index in [4.69, 9.17) is 21.1 Å². The van der Waals surface area contributed by atoms with E-state index in [1.165, 1.54) is 0 Å². The van der Waals surface area contributed by atoms with Crippen molar-refractivity contribution >= 4 is 29.0 Å². The molecule has 0 aliphatic carbocycles. The highest BCUT2D eigenvalue weighted by Gasteiger charge is 2.23.